The van der Waals surface area contributed by atoms with Gasteiger partial charge in [0.25, 0.3) is 5.69 Å². The monoisotopic (exact) mass is 416 g/mol. The lowest BCUT2D eigenvalue weighted by Gasteiger charge is -2.31. The Morgan fingerprint density at radius 3 is 2.00 bits per heavy atom. The average molecular weight is 416 g/mol. The molecule has 0 N–H and O–H groups in total. The zero-order chi connectivity index (χ0) is 21.9. The molecule has 1 aromatic rings. The first-order valence-electron chi connectivity index (χ1n) is 8.64. The molecule has 0 bridgehead atoms. The summed E-state index contributed by atoms with van der Waals surface area (Å²) in [6.07, 6.45) is 0. The van der Waals surface area contributed by atoms with Crippen LogP contribution in [-0.4, -0.2) is 54.5 Å². The molecule has 1 aromatic carbocycles. The van der Waals surface area contributed by atoms with Gasteiger partial charge < -0.3 is 9.47 Å². The maximum absolute atomic E-state index is 12.9. The Balaban J connectivity index is 3.22. The highest BCUT2D eigenvalue weighted by Crippen LogP contribution is 2.22. The number of likely N-dealkylation sites (N-methyl/N-ethyl adjacent to an activating group) is 1. The number of esters is 1. The van der Waals surface area contributed by atoms with Gasteiger partial charge in [0, 0.05) is 19.2 Å². The van der Waals surface area contributed by atoms with Gasteiger partial charge in [-0.1, -0.05) is 0 Å². The van der Waals surface area contributed by atoms with Gasteiger partial charge in [-0.25, -0.2) is 8.42 Å². The fourth-order valence-corrected chi connectivity index (χ4v) is 3.39. The topological polar surface area (TPSA) is 116 Å². The third-order valence-corrected chi connectivity index (χ3v) is 5.40. The second-order valence-electron chi connectivity index (χ2n) is 8.24. The normalized spacial score (nSPS) is 14.0. The molecule has 1 atom stereocenters. The quantitative estimate of drug-likeness (QED) is 0.381. The molecule has 0 saturated heterocycles. The summed E-state index contributed by atoms with van der Waals surface area (Å²) < 4.78 is 37.7. The number of nitro benzene ring substituents is 1. The number of rotatable bonds is 7. The van der Waals surface area contributed by atoms with Crippen LogP contribution < -0.4 is 0 Å². The average Bonchev–Trinajstić information content (AvgIpc) is 2.52. The Bertz CT molecular complexity index is 806. The molecule has 9 nitrogen and oxygen atoms in total. The first-order chi connectivity index (χ1) is 12.5. The van der Waals surface area contributed by atoms with Crippen molar-refractivity contribution < 1.29 is 27.6 Å². The summed E-state index contributed by atoms with van der Waals surface area (Å²) in [7, 11) is -2.87. The van der Waals surface area contributed by atoms with Gasteiger partial charge in [0.05, 0.1) is 22.0 Å². The van der Waals surface area contributed by atoms with Crippen LogP contribution in [0, 0.1) is 10.1 Å². The Morgan fingerprint density at radius 2 is 1.61 bits per heavy atom. The van der Waals surface area contributed by atoms with E-state index in [9.17, 15) is 23.3 Å². The van der Waals surface area contributed by atoms with Crippen molar-refractivity contribution in [1.82, 2.24) is 4.31 Å². The van der Waals surface area contributed by atoms with Crippen LogP contribution in [0.3, 0.4) is 0 Å². The summed E-state index contributed by atoms with van der Waals surface area (Å²) in [6, 6.07) is 3.21. The lowest BCUT2D eigenvalue weighted by molar-refractivity contribution is -0.384. The largest absolute Gasteiger partial charge is 0.459 e. The molecule has 0 fully saturated rings. The van der Waals surface area contributed by atoms with Crippen LogP contribution in [0.25, 0.3) is 0 Å². The molecule has 1 rings (SSSR count). The van der Waals surface area contributed by atoms with Crippen molar-refractivity contribution in [3.8, 4) is 0 Å². The molecule has 158 valence electrons. The number of benzene rings is 1. The number of non-ortho nitro benzene ring substituents is 1. The van der Waals surface area contributed by atoms with Crippen molar-refractivity contribution in [2.45, 2.75) is 63.7 Å². The number of sulfonamides is 1. The molecular weight excluding hydrogens is 388 g/mol. The van der Waals surface area contributed by atoms with Crippen LogP contribution in [0.2, 0.25) is 0 Å². The minimum absolute atomic E-state index is 0.176. The molecule has 10 heteroatoms. The summed E-state index contributed by atoms with van der Waals surface area (Å²) in [5, 5.41) is 10.8. The summed E-state index contributed by atoms with van der Waals surface area (Å²) in [6.45, 7) is 10.2. The summed E-state index contributed by atoms with van der Waals surface area (Å²) in [4.78, 5) is 22.6. The fraction of sp³-hybridized carbons (Fsp3) is 0.611. The zero-order valence-electron chi connectivity index (χ0n) is 17.3. The highest BCUT2D eigenvalue weighted by atomic mass is 32.2. The zero-order valence-corrected chi connectivity index (χ0v) is 18.1. The molecule has 0 saturated carbocycles. The Kier molecular flexibility index (Phi) is 7.32. The van der Waals surface area contributed by atoms with Crippen LogP contribution in [0.15, 0.2) is 29.2 Å². The Labute approximate surface area is 165 Å². The smallest absolute Gasteiger partial charge is 0.327 e. The van der Waals surface area contributed by atoms with E-state index in [-0.39, 0.29) is 17.2 Å². The van der Waals surface area contributed by atoms with E-state index in [1.165, 1.54) is 7.05 Å². The van der Waals surface area contributed by atoms with E-state index >= 15 is 0 Å². The van der Waals surface area contributed by atoms with E-state index in [2.05, 4.69) is 0 Å². The SMILES string of the molecule is CN([C@@H](COC(C)(C)C)C(=O)OC(C)(C)C)S(=O)(=O)c1ccc([N+](=O)[O-])cc1. The molecule has 28 heavy (non-hydrogen) atoms. The number of carbonyl (C=O) groups is 1. The van der Waals surface area contributed by atoms with E-state index in [1.54, 1.807) is 41.5 Å². The molecule has 0 aliphatic heterocycles. The molecule has 0 aliphatic rings. The Morgan fingerprint density at radius 1 is 1.11 bits per heavy atom. The molecular formula is C18H28N2O7S. The lowest BCUT2D eigenvalue weighted by Crippen LogP contribution is -2.48. The predicted octanol–water partition coefficient (Wildman–Crippen LogP) is 2.74. The van der Waals surface area contributed by atoms with Gasteiger partial charge in [0.2, 0.25) is 10.0 Å². The van der Waals surface area contributed by atoms with Crippen LogP contribution in [0.1, 0.15) is 41.5 Å². The number of carbonyl (C=O) groups excluding carboxylic acids is 1. The van der Waals surface area contributed by atoms with Crippen molar-refractivity contribution in [1.29, 1.82) is 0 Å². The minimum atomic E-state index is -4.12. The fourth-order valence-electron chi connectivity index (χ4n) is 2.09. The molecule has 0 spiro atoms. The van der Waals surface area contributed by atoms with Crippen LogP contribution in [0.5, 0.6) is 0 Å². The van der Waals surface area contributed by atoms with E-state index in [1.807, 2.05) is 0 Å². The summed E-state index contributed by atoms with van der Waals surface area (Å²) in [5.41, 5.74) is -1.64. The lowest BCUT2D eigenvalue weighted by atomic mass is 10.2. The van der Waals surface area contributed by atoms with E-state index in [0.717, 1.165) is 28.6 Å². The van der Waals surface area contributed by atoms with Gasteiger partial charge >= 0.3 is 5.97 Å². The second-order valence-corrected chi connectivity index (χ2v) is 10.2. The van der Waals surface area contributed by atoms with E-state index in [4.69, 9.17) is 9.47 Å². The molecule has 0 amide bonds. The number of nitrogens with zero attached hydrogens (tertiary/aromatic N) is 2. The summed E-state index contributed by atoms with van der Waals surface area (Å²) in [5.74, 6) is -0.746. The van der Waals surface area contributed by atoms with E-state index in [0.29, 0.717) is 0 Å². The van der Waals surface area contributed by atoms with Crippen LogP contribution in [-0.2, 0) is 24.3 Å². The minimum Gasteiger partial charge on any atom is -0.459 e. The van der Waals surface area contributed by atoms with Crippen molar-refractivity contribution in [2.24, 2.45) is 0 Å². The van der Waals surface area contributed by atoms with Gasteiger partial charge in [-0.2, -0.15) is 4.31 Å². The molecule has 0 aromatic heterocycles. The number of ether oxygens (including phenoxy) is 2. The van der Waals surface area contributed by atoms with Gasteiger partial charge in [-0.05, 0) is 53.7 Å². The van der Waals surface area contributed by atoms with Crippen LogP contribution in [0.4, 0.5) is 5.69 Å². The van der Waals surface area contributed by atoms with Crippen molar-refractivity contribution in [3.63, 3.8) is 0 Å². The third-order valence-electron chi connectivity index (χ3n) is 3.52. The second kappa shape index (κ2) is 8.54. The summed E-state index contributed by atoms with van der Waals surface area (Å²) >= 11 is 0. The van der Waals surface area contributed by atoms with Gasteiger partial charge in [-0.15, -0.1) is 0 Å². The number of hydrogen-bond acceptors (Lipinski definition) is 7. The third kappa shape index (κ3) is 6.84. The maximum Gasteiger partial charge on any atom is 0.327 e. The Hall–Kier alpha value is -2.04. The highest BCUT2D eigenvalue weighted by Gasteiger charge is 2.37. The first-order valence-corrected chi connectivity index (χ1v) is 10.1. The predicted molar refractivity (Wildman–Crippen MR) is 103 cm³/mol. The number of hydrogen-bond donors (Lipinski definition) is 0. The van der Waals surface area contributed by atoms with Crippen molar-refractivity contribution >= 4 is 21.7 Å². The van der Waals surface area contributed by atoms with Gasteiger partial charge in [0.15, 0.2) is 0 Å². The standard InChI is InChI=1S/C18H28N2O7S/c1-17(2,3)26-12-15(16(21)27-18(4,5)6)19(7)28(24,25)14-10-8-13(9-11-14)20(22)23/h8-11,15H,12H2,1-7H3/t15-/m0/s1. The highest BCUT2D eigenvalue weighted by molar-refractivity contribution is 7.89. The molecule has 0 aliphatic carbocycles. The molecule has 0 heterocycles. The van der Waals surface area contributed by atoms with Crippen molar-refractivity contribution in [2.75, 3.05) is 13.7 Å². The van der Waals surface area contributed by atoms with Gasteiger partial charge in [0.1, 0.15) is 11.6 Å². The van der Waals surface area contributed by atoms with Gasteiger partial charge in [-0.3, -0.25) is 14.9 Å². The molecule has 0 radical (unpaired) electrons. The van der Waals surface area contributed by atoms with E-state index < -0.39 is 38.2 Å². The number of nitro groups is 1. The first kappa shape index (κ1) is 24.0. The van der Waals surface area contributed by atoms with Crippen LogP contribution >= 0.6 is 0 Å². The molecule has 0 unspecified atom stereocenters. The van der Waals surface area contributed by atoms with Crippen molar-refractivity contribution in [3.05, 3.63) is 34.4 Å². The maximum atomic E-state index is 12.9.